The lowest BCUT2D eigenvalue weighted by atomic mass is 9.92. The number of nitrogens with one attached hydrogen (secondary N) is 1. The molecule has 1 aliphatic rings. The average molecular weight is 265 g/mol. The van der Waals surface area contributed by atoms with Gasteiger partial charge in [-0.3, -0.25) is 0 Å². The monoisotopic (exact) mass is 265 g/mol. The van der Waals surface area contributed by atoms with Gasteiger partial charge >= 0.3 is 0 Å². The van der Waals surface area contributed by atoms with Crippen LogP contribution in [-0.2, 0) is 0 Å². The zero-order valence-electron chi connectivity index (χ0n) is 11.5. The molecule has 0 saturated carbocycles. The van der Waals surface area contributed by atoms with Crippen molar-refractivity contribution in [3.05, 3.63) is 29.8 Å². The SMILES string of the molecule is CNC(c1cccc(OC(C)C)c1)C1CCSC1. The van der Waals surface area contributed by atoms with Gasteiger partial charge in [-0.1, -0.05) is 12.1 Å². The van der Waals surface area contributed by atoms with Crippen LogP contribution in [0.5, 0.6) is 5.75 Å². The van der Waals surface area contributed by atoms with E-state index in [2.05, 4.69) is 56.2 Å². The molecule has 0 amide bonds. The van der Waals surface area contributed by atoms with Crippen LogP contribution >= 0.6 is 11.8 Å². The molecule has 18 heavy (non-hydrogen) atoms. The summed E-state index contributed by atoms with van der Waals surface area (Å²) in [4.78, 5) is 0. The zero-order chi connectivity index (χ0) is 13.0. The normalized spacial score (nSPS) is 21.2. The fourth-order valence-corrected chi connectivity index (χ4v) is 3.84. The van der Waals surface area contributed by atoms with Gasteiger partial charge in [-0.05, 0) is 62.4 Å². The maximum atomic E-state index is 5.78. The minimum atomic E-state index is 0.232. The first-order valence-electron chi connectivity index (χ1n) is 6.72. The van der Waals surface area contributed by atoms with Gasteiger partial charge in [0.15, 0.2) is 0 Å². The molecule has 1 N–H and O–H groups in total. The van der Waals surface area contributed by atoms with E-state index in [4.69, 9.17) is 4.74 Å². The van der Waals surface area contributed by atoms with E-state index in [1.807, 2.05) is 6.07 Å². The predicted octanol–water partition coefficient (Wildman–Crippen LogP) is 3.49. The molecule has 1 aromatic carbocycles. The van der Waals surface area contributed by atoms with Crippen LogP contribution < -0.4 is 10.1 Å². The van der Waals surface area contributed by atoms with Crippen molar-refractivity contribution in [2.75, 3.05) is 18.6 Å². The molecule has 2 nitrogen and oxygen atoms in total. The lowest BCUT2D eigenvalue weighted by molar-refractivity contribution is 0.242. The smallest absolute Gasteiger partial charge is 0.120 e. The molecular weight excluding hydrogens is 242 g/mol. The van der Waals surface area contributed by atoms with Gasteiger partial charge in [-0.25, -0.2) is 0 Å². The lowest BCUT2D eigenvalue weighted by Crippen LogP contribution is -2.25. The topological polar surface area (TPSA) is 21.3 Å². The van der Waals surface area contributed by atoms with Crippen molar-refractivity contribution in [1.82, 2.24) is 5.32 Å². The van der Waals surface area contributed by atoms with Crippen LogP contribution in [0.15, 0.2) is 24.3 Å². The van der Waals surface area contributed by atoms with E-state index >= 15 is 0 Å². The number of rotatable bonds is 5. The third-order valence-corrected chi connectivity index (χ3v) is 4.52. The Kier molecular flexibility index (Phi) is 4.95. The van der Waals surface area contributed by atoms with E-state index < -0.39 is 0 Å². The minimum Gasteiger partial charge on any atom is -0.491 e. The molecule has 1 aliphatic heterocycles. The second-order valence-corrected chi connectivity index (χ2v) is 6.28. The highest BCUT2D eigenvalue weighted by Crippen LogP contribution is 2.34. The Balaban J connectivity index is 2.14. The van der Waals surface area contributed by atoms with Gasteiger partial charge in [-0.15, -0.1) is 0 Å². The maximum absolute atomic E-state index is 5.78. The van der Waals surface area contributed by atoms with Crippen LogP contribution in [-0.4, -0.2) is 24.7 Å². The first-order chi connectivity index (χ1) is 8.70. The minimum absolute atomic E-state index is 0.232. The van der Waals surface area contributed by atoms with Crippen molar-refractivity contribution < 1.29 is 4.74 Å². The van der Waals surface area contributed by atoms with Crippen molar-refractivity contribution in [3.63, 3.8) is 0 Å². The van der Waals surface area contributed by atoms with E-state index in [1.165, 1.54) is 23.5 Å². The molecule has 2 atom stereocenters. The number of ether oxygens (including phenoxy) is 1. The molecule has 1 aromatic rings. The van der Waals surface area contributed by atoms with Crippen LogP contribution in [0.4, 0.5) is 0 Å². The van der Waals surface area contributed by atoms with Crippen LogP contribution in [0.1, 0.15) is 31.9 Å². The highest BCUT2D eigenvalue weighted by atomic mass is 32.2. The molecule has 0 aromatic heterocycles. The zero-order valence-corrected chi connectivity index (χ0v) is 12.3. The van der Waals surface area contributed by atoms with E-state index in [1.54, 1.807) is 0 Å². The summed E-state index contributed by atoms with van der Waals surface area (Å²) in [7, 11) is 2.06. The third kappa shape index (κ3) is 3.42. The van der Waals surface area contributed by atoms with Crippen molar-refractivity contribution in [2.24, 2.45) is 5.92 Å². The number of thioether (sulfide) groups is 1. The summed E-state index contributed by atoms with van der Waals surface area (Å²) in [5, 5.41) is 3.47. The van der Waals surface area contributed by atoms with Gasteiger partial charge in [0.25, 0.3) is 0 Å². The quantitative estimate of drug-likeness (QED) is 0.880. The molecule has 1 heterocycles. The molecule has 2 unspecified atom stereocenters. The van der Waals surface area contributed by atoms with E-state index in [9.17, 15) is 0 Å². The molecule has 0 aliphatic carbocycles. The predicted molar refractivity (Wildman–Crippen MR) is 79.4 cm³/mol. The highest BCUT2D eigenvalue weighted by molar-refractivity contribution is 7.99. The highest BCUT2D eigenvalue weighted by Gasteiger charge is 2.25. The first-order valence-corrected chi connectivity index (χ1v) is 7.88. The Bertz CT molecular complexity index is 375. The molecule has 2 rings (SSSR count). The average Bonchev–Trinajstić information content (AvgIpc) is 2.83. The molecule has 1 fully saturated rings. The second kappa shape index (κ2) is 6.48. The summed E-state index contributed by atoms with van der Waals surface area (Å²) < 4.78 is 5.78. The summed E-state index contributed by atoms with van der Waals surface area (Å²) in [6.07, 6.45) is 1.54. The standard InChI is InChI=1S/C15H23NOS/c1-11(2)17-14-6-4-5-12(9-14)15(16-3)13-7-8-18-10-13/h4-6,9,11,13,15-16H,7-8,10H2,1-3H3. The molecule has 0 radical (unpaired) electrons. The van der Waals surface area contributed by atoms with Crippen LogP contribution in [0.25, 0.3) is 0 Å². The van der Waals surface area contributed by atoms with Crippen molar-refractivity contribution in [2.45, 2.75) is 32.4 Å². The van der Waals surface area contributed by atoms with E-state index in [-0.39, 0.29) is 6.10 Å². The van der Waals surface area contributed by atoms with Crippen molar-refractivity contribution >= 4 is 11.8 Å². The van der Waals surface area contributed by atoms with Crippen LogP contribution in [0.3, 0.4) is 0 Å². The van der Waals surface area contributed by atoms with Crippen LogP contribution in [0.2, 0.25) is 0 Å². The summed E-state index contributed by atoms with van der Waals surface area (Å²) in [5.74, 6) is 4.29. The van der Waals surface area contributed by atoms with Gasteiger partial charge < -0.3 is 10.1 Å². The van der Waals surface area contributed by atoms with Gasteiger partial charge in [0.2, 0.25) is 0 Å². The third-order valence-electron chi connectivity index (χ3n) is 3.34. The fraction of sp³-hybridized carbons (Fsp3) is 0.600. The molecule has 0 spiro atoms. The van der Waals surface area contributed by atoms with Crippen molar-refractivity contribution in [3.8, 4) is 5.75 Å². The Labute approximate surface area is 114 Å². The Morgan fingerprint density at radius 1 is 1.39 bits per heavy atom. The molecule has 100 valence electrons. The summed E-state index contributed by atoms with van der Waals surface area (Å²) >= 11 is 2.06. The van der Waals surface area contributed by atoms with Crippen molar-refractivity contribution in [1.29, 1.82) is 0 Å². The van der Waals surface area contributed by atoms with E-state index in [0.29, 0.717) is 6.04 Å². The Hall–Kier alpha value is -0.670. The van der Waals surface area contributed by atoms with Gasteiger partial charge in [0, 0.05) is 6.04 Å². The Morgan fingerprint density at radius 3 is 2.83 bits per heavy atom. The summed E-state index contributed by atoms with van der Waals surface area (Å²) in [5.41, 5.74) is 1.35. The maximum Gasteiger partial charge on any atom is 0.120 e. The summed E-state index contributed by atoms with van der Waals surface area (Å²) in [6.45, 7) is 4.13. The molecule has 3 heteroatoms. The van der Waals surface area contributed by atoms with Crippen LogP contribution in [0, 0.1) is 5.92 Å². The summed E-state index contributed by atoms with van der Waals surface area (Å²) in [6, 6.07) is 8.98. The second-order valence-electron chi connectivity index (χ2n) is 5.13. The number of hydrogen-bond donors (Lipinski definition) is 1. The molecule has 0 bridgehead atoms. The molecular formula is C15H23NOS. The number of hydrogen-bond acceptors (Lipinski definition) is 3. The fourth-order valence-electron chi connectivity index (χ4n) is 2.54. The van der Waals surface area contributed by atoms with E-state index in [0.717, 1.165) is 11.7 Å². The van der Waals surface area contributed by atoms with Gasteiger partial charge in [0.1, 0.15) is 5.75 Å². The first kappa shape index (κ1) is 13.8. The lowest BCUT2D eigenvalue weighted by Gasteiger charge is -2.23. The molecule has 1 saturated heterocycles. The van der Waals surface area contributed by atoms with Gasteiger partial charge in [-0.2, -0.15) is 11.8 Å². The number of benzene rings is 1. The Morgan fingerprint density at radius 2 is 2.22 bits per heavy atom. The largest absolute Gasteiger partial charge is 0.491 e. The van der Waals surface area contributed by atoms with Gasteiger partial charge in [0.05, 0.1) is 6.10 Å².